The second kappa shape index (κ2) is 5.50. The van der Waals surface area contributed by atoms with Crippen LogP contribution in [0.5, 0.6) is 11.5 Å². The average molecular weight is 248 g/mol. The Labute approximate surface area is 105 Å². The minimum atomic E-state index is 0.0974. The minimum absolute atomic E-state index is 0.0974. The molecule has 2 aromatic rings. The lowest BCUT2D eigenvalue weighted by molar-refractivity contribution is 0.373. The molecule has 0 amide bonds. The molecule has 0 unspecified atom stereocenters. The van der Waals surface area contributed by atoms with E-state index in [0.29, 0.717) is 18.1 Å². The fourth-order valence-corrected chi connectivity index (χ4v) is 1.62. The summed E-state index contributed by atoms with van der Waals surface area (Å²) in [5, 5.41) is 16.5. The third kappa shape index (κ3) is 2.60. The van der Waals surface area contributed by atoms with Gasteiger partial charge < -0.3 is 15.6 Å². The van der Waals surface area contributed by atoms with Crippen molar-refractivity contribution < 1.29 is 9.84 Å². The first-order valence-corrected chi connectivity index (χ1v) is 5.73. The van der Waals surface area contributed by atoms with Crippen molar-refractivity contribution in [1.29, 1.82) is 0 Å². The first kappa shape index (κ1) is 12.4. The number of aromatic hydroxyl groups is 1. The second-order valence-electron chi connectivity index (χ2n) is 3.88. The summed E-state index contributed by atoms with van der Waals surface area (Å²) >= 11 is 0. The number of phenolic OH excluding ortho intramolecular Hbond substituents is 1. The number of rotatable bonds is 5. The standard InChI is InChI=1S/C12H16N4O2/c1-18-10-7-8(4-5-9(10)17)12-14-11(15-16-12)3-2-6-13/h4-5,7,17H,2-3,6,13H2,1H3,(H,14,15,16). The van der Waals surface area contributed by atoms with Crippen molar-refractivity contribution in [2.75, 3.05) is 13.7 Å². The van der Waals surface area contributed by atoms with Gasteiger partial charge in [-0.1, -0.05) is 0 Å². The van der Waals surface area contributed by atoms with Gasteiger partial charge in [0.1, 0.15) is 5.82 Å². The van der Waals surface area contributed by atoms with E-state index in [-0.39, 0.29) is 5.75 Å². The number of hydrogen-bond donors (Lipinski definition) is 3. The third-order valence-electron chi connectivity index (χ3n) is 2.59. The van der Waals surface area contributed by atoms with E-state index in [1.807, 2.05) is 0 Å². The molecule has 96 valence electrons. The van der Waals surface area contributed by atoms with Gasteiger partial charge in [-0.15, -0.1) is 0 Å². The Kier molecular flexibility index (Phi) is 3.78. The monoisotopic (exact) mass is 248 g/mol. The summed E-state index contributed by atoms with van der Waals surface area (Å²) in [4.78, 5) is 4.36. The summed E-state index contributed by atoms with van der Waals surface area (Å²) in [6, 6.07) is 5.00. The van der Waals surface area contributed by atoms with E-state index >= 15 is 0 Å². The van der Waals surface area contributed by atoms with Crippen LogP contribution < -0.4 is 10.5 Å². The van der Waals surface area contributed by atoms with Gasteiger partial charge in [0.15, 0.2) is 17.3 Å². The second-order valence-corrected chi connectivity index (χ2v) is 3.88. The summed E-state index contributed by atoms with van der Waals surface area (Å²) < 4.78 is 5.05. The highest BCUT2D eigenvalue weighted by atomic mass is 16.5. The molecule has 0 saturated carbocycles. The molecule has 1 aromatic carbocycles. The molecule has 0 spiro atoms. The highest BCUT2D eigenvalue weighted by molar-refractivity contribution is 5.60. The number of aromatic nitrogens is 3. The van der Waals surface area contributed by atoms with Crippen LogP contribution in [0.25, 0.3) is 11.4 Å². The summed E-state index contributed by atoms with van der Waals surface area (Å²) in [6.07, 6.45) is 1.65. The number of methoxy groups -OCH3 is 1. The molecule has 0 aliphatic carbocycles. The lowest BCUT2D eigenvalue weighted by Crippen LogP contribution is -2.01. The minimum Gasteiger partial charge on any atom is -0.504 e. The Morgan fingerprint density at radius 3 is 3.00 bits per heavy atom. The van der Waals surface area contributed by atoms with Crippen molar-refractivity contribution in [3.05, 3.63) is 24.0 Å². The molecule has 1 aromatic heterocycles. The van der Waals surface area contributed by atoms with Gasteiger partial charge in [0.2, 0.25) is 0 Å². The Morgan fingerprint density at radius 2 is 2.28 bits per heavy atom. The molecular weight excluding hydrogens is 232 g/mol. The van der Waals surface area contributed by atoms with E-state index in [4.69, 9.17) is 10.5 Å². The predicted octanol–water partition coefficient (Wildman–Crippen LogP) is 1.08. The van der Waals surface area contributed by atoms with Gasteiger partial charge in [0.05, 0.1) is 7.11 Å². The summed E-state index contributed by atoms with van der Waals surface area (Å²) in [6.45, 7) is 0.628. The molecule has 0 atom stereocenters. The summed E-state index contributed by atoms with van der Waals surface area (Å²) in [5.41, 5.74) is 6.23. The number of phenols is 1. The number of nitrogens with two attached hydrogens (primary N) is 1. The van der Waals surface area contributed by atoms with Crippen molar-refractivity contribution in [3.63, 3.8) is 0 Å². The zero-order chi connectivity index (χ0) is 13.0. The van der Waals surface area contributed by atoms with Crippen LogP contribution in [0.1, 0.15) is 12.2 Å². The summed E-state index contributed by atoms with van der Waals surface area (Å²) in [5.74, 6) is 1.89. The molecule has 0 saturated heterocycles. The number of aryl methyl sites for hydroxylation is 1. The quantitative estimate of drug-likeness (QED) is 0.735. The van der Waals surface area contributed by atoms with Crippen molar-refractivity contribution in [3.8, 4) is 22.9 Å². The molecule has 6 heteroatoms. The van der Waals surface area contributed by atoms with E-state index in [1.54, 1.807) is 18.2 Å². The van der Waals surface area contributed by atoms with Crippen LogP contribution in [0, 0.1) is 0 Å². The number of nitrogens with zero attached hydrogens (tertiary/aromatic N) is 2. The number of ether oxygens (including phenoxy) is 1. The van der Waals surface area contributed by atoms with Crippen molar-refractivity contribution in [1.82, 2.24) is 15.2 Å². The molecule has 4 N–H and O–H groups in total. The van der Waals surface area contributed by atoms with Crippen LogP contribution in [0.4, 0.5) is 0 Å². The van der Waals surface area contributed by atoms with Crippen molar-refractivity contribution >= 4 is 0 Å². The van der Waals surface area contributed by atoms with E-state index in [1.165, 1.54) is 7.11 Å². The number of aromatic amines is 1. The van der Waals surface area contributed by atoms with Crippen LogP contribution in [0.2, 0.25) is 0 Å². The van der Waals surface area contributed by atoms with Gasteiger partial charge in [-0.3, -0.25) is 5.10 Å². The molecule has 18 heavy (non-hydrogen) atoms. The van der Waals surface area contributed by atoms with Gasteiger partial charge in [0, 0.05) is 12.0 Å². The van der Waals surface area contributed by atoms with Crippen LogP contribution in [0.15, 0.2) is 18.2 Å². The maximum absolute atomic E-state index is 9.52. The van der Waals surface area contributed by atoms with Crippen molar-refractivity contribution in [2.45, 2.75) is 12.8 Å². The van der Waals surface area contributed by atoms with Crippen LogP contribution >= 0.6 is 0 Å². The first-order valence-electron chi connectivity index (χ1n) is 5.73. The lowest BCUT2D eigenvalue weighted by Gasteiger charge is -2.03. The predicted molar refractivity (Wildman–Crippen MR) is 67.4 cm³/mol. The zero-order valence-corrected chi connectivity index (χ0v) is 10.2. The van der Waals surface area contributed by atoms with Gasteiger partial charge in [0.25, 0.3) is 0 Å². The molecule has 0 aliphatic rings. The van der Waals surface area contributed by atoms with E-state index in [2.05, 4.69) is 15.2 Å². The van der Waals surface area contributed by atoms with Crippen molar-refractivity contribution in [2.24, 2.45) is 5.73 Å². The molecule has 1 heterocycles. The highest BCUT2D eigenvalue weighted by Crippen LogP contribution is 2.29. The van der Waals surface area contributed by atoms with Crippen LogP contribution in [-0.4, -0.2) is 33.9 Å². The highest BCUT2D eigenvalue weighted by Gasteiger charge is 2.09. The molecular formula is C12H16N4O2. The molecule has 0 aliphatic heterocycles. The molecule has 0 bridgehead atoms. The van der Waals surface area contributed by atoms with Gasteiger partial charge in [-0.25, -0.2) is 4.98 Å². The van der Waals surface area contributed by atoms with Gasteiger partial charge in [-0.2, -0.15) is 5.10 Å². The molecule has 2 rings (SSSR count). The molecule has 6 nitrogen and oxygen atoms in total. The van der Waals surface area contributed by atoms with Gasteiger partial charge >= 0.3 is 0 Å². The topological polar surface area (TPSA) is 97.0 Å². The van der Waals surface area contributed by atoms with Crippen LogP contribution in [-0.2, 0) is 6.42 Å². The Morgan fingerprint density at radius 1 is 1.44 bits per heavy atom. The lowest BCUT2D eigenvalue weighted by atomic mass is 10.2. The molecule has 0 radical (unpaired) electrons. The van der Waals surface area contributed by atoms with E-state index < -0.39 is 0 Å². The van der Waals surface area contributed by atoms with Gasteiger partial charge in [-0.05, 0) is 31.2 Å². The Bertz CT molecular complexity index is 525. The van der Waals surface area contributed by atoms with E-state index in [9.17, 15) is 5.11 Å². The number of H-pyrrole nitrogens is 1. The Balaban J connectivity index is 2.23. The fraction of sp³-hybridized carbons (Fsp3) is 0.333. The van der Waals surface area contributed by atoms with E-state index in [0.717, 1.165) is 24.2 Å². The summed E-state index contributed by atoms with van der Waals surface area (Å²) in [7, 11) is 1.50. The molecule has 0 fully saturated rings. The maximum Gasteiger partial charge on any atom is 0.181 e. The average Bonchev–Trinajstić information content (AvgIpc) is 2.85. The first-order chi connectivity index (χ1) is 8.74. The number of benzene rings is 1. The number of nitrogens with one attached hydrogen (secondary N) is 1. The Hall–Kier alpha value is -2.08. The largest absolute Gasteiger partial charge is 0.504 e. The smallest absolute Gasteiger partial charge is 0.181 e. The normalized spacial score (nSPS) is 10.6. The maximum atomic E-state index is 9.52. The third-order valence-corrected chi connectivity index (χ3v) is 2.59. The number of hydrogen-bond acceptors (Lipinski definition) is 5. The van der Waals surface area contributed by atoms with Crippen LogP contribution in [0.3, 0.4) is 0 Å². The fourth-order valence-electron chi connectivity index (χ4n) is 1.62. The zero-order valence-electron chi connectivity index (χ0n) is 10.2. The SMILES string of the molecule is COc1cc(-c2n[nH]c(CCCN)n2)ccc1O.